The topological polar surface area (TPSA) is 57.6 Å². The second-order valence-electron chi connectivity index (χ2n) is 5.90. The van der Waals surface area contributed by atoms with Gasteiger partial charge in [0.25, 0.3) is 0 Å². The zero-order valence-electron chi connectivity index (χ0n) is 12.4. The lowest BCUT2D eigenvalue weighted by molar-refractivity contribution is 0.226. The lowest BCUT2D eigenvalue weighted by Crippen LogP contribution is -2.39. The molecule has 1 N–H and O–H groups in total. The molecule has 0 unspecified atom stereocenters. The molecular formula is C15H22FNO3S. The Hall–Kier alpha value is -0.980. The largest absolute Gasteiger partial charge is 0.392 e. The van der Waals surface area contributed by atoms with Crippen LogP contribution in [-0.2, 0) is 16.6 Å². The predicted octanol–water partition coefficient (Wildman–Crippen LogP) is 2.37. The third-order valence-corrected chi connectivity index (χ3v) is 6.16. The van der Waals surface area contributed by atoms with E-state index in [1.54, 1.807) is 0 Å². The van der Waals surface area contributed by atoms with Gasteiger partial charge in [-0.1, -0.05) is 13.8 Å². The molecule has 0 aromatic heterocycles. The van der Waals surface area contributed by atoms with Crippen LogP contribution in [0.15, 0.2) is 23.1 Å². The minimum absolute atomic E-state index is 0.00754. The van der Waals surface area contributed by atoms with Crippen molar-refractivity contribution in [1.29, 1.82) is 0 Å². The normalized spacial score (nSPS) is 18.3. The molecule has 21 heavy (non-hydrogen) atoms. The van der Waals surface area contributed by atoms with E-state index < -0.39 is 22.4 Å². The molecule has 1 heterocycles. The molecule has 0 aliphatic carbocycles. The van der Waals surface area contributed by atoms with Crippen LogP contribution in [0, 0.1) is 17.7 Å². The molecule has 1 saturated heterocycles. The molecule has 0 atom stereocenters. The van der Waals surface area contributed by atoms with Crippen molar-refractivity contribution in [3.05, 3.63) is 29.6 Å². The molecule has 2 rings (SSSR count). The summed E-state index contributed by atoms with van der Waals surface area (Å²) in [6, 6.07) is 3.58. The van der Waals surface area contributed by atoms with E-state index in [4.69, 9.17) is 5.11 Å². The van der Waals surface area contributed by atoms with Crippen LogP contribution in [0.4, 0.5) is 4.39 Å². The van der Waals surface area contributed by atoms with E-state index in [2.05, 4.69) is 13.8 Å². The van der Waals surface area contributed by atoms with Gasteiger partial charge in [-0.15, -0.1) is 0 Å². The van der Waals surface area contributed by atoms with Crippen molar-refractivity contribution in [2.45, 2.75) is 38.2 Å². The zero-order valence-corrected chi connectivity index (χ0v) is 13.2. The van der Waals surface area contributed by atoms with Crippen molar-refractivity contribution in [3.63, 3.8) is 0 Å². The van der Waals surface area contributed by atoms with Crippen LogP contribution in [0.2, 0.25) is 0 Å². The zero-order chi connectivity index (χ0) is 15.6. The van der Waals surface area contributed by atoms with Crippen LogP contribution < -0.4 is 0 Å². The fourth-order valence-corrected chi connectivity index (χ4v) is 4.29. The predicted molar refractivity (Wildman–Crippen MR) is 78.6 cm³/mol. The van der Waals surface area contributed by atoms with Gasteiger partial charge < -0.3 is 5.11 Å². The molecule has 1 aromatic carbocycles. The fraction of sp³-hybridized carbons (Fsp3) is 0.600. The first kappa shape index (κ1) is 16.4. The second-order valence-corrected chi connectivity index (χ2v) is 7.83. The first-order valence-corrected chi connectivity index (χ1v) is 8.69. The second kappa shape index (κ2) is 6.42. The van der Waals surface area contributed by atoms with E-state index in [0.29, 0.717) is 24.9 Å². The minimum Gasteiger partial charge on any atom is -0.392 e. The van der Waals surface area contributed by atoms with Gasteiger partial charge in [0.05, 0.1) is 11.5 Å². The van der Waals surface area contributed by atoms with Gasteiger partial charge in [0, 0.05) is 18.7 Å². The van der Waals surface area contributed by atoms with E-state index in [0.717, 1.165) is 18.9 Å². The van der Waals surface area contributed by atoms with Crippen molar-refractivity contribution in [2.24, 2.45) is 11.8 Å². The van der Waals surface area contributed by atoms with Crippen LogP contribution in [0.1, 0.15) is 32.3 Å². The molecule has 1 fully saturated rings. The average Bonchev–Trinajstić information content (AvgIpc) is 2.47. The lowest BCUT2D eigenvalue weighted by atomic mass is 9.87. The van der Waals surface area contributed by atoms with Gasteiger partial charge in [0.1, 0.15) is 5.82 Å². The minimum atomic E-state index is -3.60. The first-order valence-electron chi connectivity index (χ1n) is 7.25. The van der Waals surface area contributed by atoms with Crippen LogP contribution in [0.25, 0.3) is 0 Å². The molecular weight excluding hydrogens is 293 g/mol. The highest BCUT2D eigenvalue weighted by Crippen LogP contribution is 2.28. The number of benzene rings is 1. The number of hydrogen-bond donors (Lipinski definition) is 1. The van der Waals surface area contributed by atoms with Crippen LogP contribution in [0.3, 0.4) is 0 Å². The summed E-state index contributed by atoms with van der Waals surface area (Å²) in [5, 5.41) is 9.07. The summed E-state index contributed by atoms with van der Waals surface area (Å²) in [6.45, 7) is 4.79. The van der Waals surface area contributed by atoms with Gasteiger partial charge in [-0.2, -0.15) is 4.31 Å². The monoisotopic (exact) mass is 315 g/mol. The number of aliphatic hydroxyl groups excluding tert-OH is 1. The third-order valence-electron chi connectivity index (χ3n) is 4.27. The first-order chi connectivity index (χ1) is 9.86. The number of sulfonamides is 1. The van der Waals surface area contributed by atoms with E-state index in [-0.39, 0.29) is 10.5 Å². The molecule has 4 nitrogen and oxygen atoms in total. The van der Waals surface area contributed by atoms with Crippen LogP contribution >= 0.6 is 0 Å². The summed E-state index contributed by atoms with van der Waals surface area (Å²) in [5.41, 5.74) is 0.00754. The Balaban J connectivity index is 2.19. The quantitative estimate of drug-likeness (QED) is 0.928. The van der Waals surface area contributed by atoms with E-state index >= 15 is 0 Å². The number of hydrogen-bond acceptors (Lipinski definition) is 3. The Morgan fingerprint density at radius 1 is 1.33 bits per heavy atom. The van der Waals surface area contributed by atoms with Crippen molar-refractivity contribution in [2.75, 3.05) is 13.1 Å². The van der Waals surface area contributed by atoms with Gasteiger partial charge in [0.2, 0.25) is 10.0 Å². The van der Waals surface area contributed by atoms with Crippen molar-refractivity contribution < 1.29 is 17.9 Å². The Bertz CT molecular complexity index is 593. The highest BCUT2D eigenvalue weighted by molar-refractivity contribution is 7.89. The maximum absolute atomic E-state index is 13.4. The molecule has 1 aliphatic heterocycles. The SMILES string of the molecule is CC(C)C1CCN(S(=O)(=O)c2ccc(F)c(CO)c2)CC1. The number of aliphatic hydroxyl groups is 1. The summed E-state index contributed by atoms with van der Waals surface area (Å²) < 4.78 is 40.0. The van der Waals surface area contributed by atoms with Gasteiger partial charge in [-0.25, -0.2) is 12.8 Å². The molecule has 6 heteroatoms. The average molecular weight is 315 g/mol. The summed E-state index contributed by atoms with van der Waals surface area (Å²) in [5.74, 6) is 0.523. The number of halogens is 1. The summed E-state index contributed by atoms with van der Waals surface area (Å²) >= 11 is 0. The van der Waals surface area contributed by atoms with E-state index in [1.165, 1.54) is 16.4 Å². The van der Waals surface area contributed by atoms with Crippen LogP contribution in [-0.4, -0.2) is 30.9 Å². The highest BCUT2D eigenvalue weighted by Gasteiger charge is 2.30. The molecule has 118 valence electrons. The fourth-order valence-electron chi connectivity index (χ4n) is 2.76. The standard InChI is InChI=1S/C15H22FNO3S/c1-11(2)12-5-7-17(8-6-12)21(19,20)14-3-4-15(16)13(9-14)10-18/h3-4,9,11-12,18H,5-8,10H2,1-2H3. The van der Waals surface area contributed by atoms with E-state index in [9.17, 15) is 12.8 Å². The van der Waals surface area contributed by atoms with Gasteiger partial charge in [0.15, 0.2) is 0 Å². The smallest absolute Gasteiger partial charge is 0.243 e. The summed E-state index contributed by atoms with van der Waals surface area (Å²) in [4.78, 5) is 0.0518. The summed E-state index contributed by atoms with van der Waals surface area (Å²) in [6.07, 6.45) is 1.70. The van der Waals surface area contributed by atoms with Crippen LogP contribution in [0.5, 0.6) is 0 Å². The molecule has 0 radical (unpaired) electrons. The molecule has 0 saturated carbocycles. The lowest BCUT2D eigenvalue weighted by Gasteiger charge is -2.33. The van der Waals surface area contributed by atoms with Crippen molar-refractivity contribution >= 4 is 10.0 Å². The maximum Gasteiger partial charge on any atom is 0.243 e. The molecule has 0 amide bonds. The highest BCUT2D eigenvalue weighted by atomic mass is 32.2. The van der Waals surface area contributed by atoms with Crippen molar-refractivity contribution in [1.82, 2.24) is 4.31 Å². The molecule has 0 spiro atoms. The van der Waals surface area contributed by atoms with E-state index in [1.807, 2.05) is 0 Å². The van der Waals surface area contributed by atoms with Gasteiger partial charge in [-0.3, -0.25) is 0 Å². The number of piperidine rings is 1. The molecule has 1 aliphatic rings. The van der Waals surface area contributed by atoms with Crippen molar-refractivity contribution in [3.8, 4) is 0 Å². The Morgan fingerprint density at radius 2 is 1.95 bits per heavy atom. The third kappa shape index (κ3) is 3.44. The van der Waals surface area contributed by atoms with Gasteiger partial charge in [-0.05, 0) is 42.9 Å². The van der Waals surface area contributed by atoms with Gasteiger partial charge >= 0.3 is 0 Å². The number of nitrogens with zero attached hydrogens (tertiary/aromatic N) is 1. The Kier molecular flexibility index (Phi) is 5.01. The maximum atomic E-state index is 13.4. The molecule has 1 aromatic rings. The number of rotatable bonds is 4. The summed E-state index contributed by atoms with van der Waals surface area (Å²) in [7, 11) is -3.60. The Labute approximate surface area is 125 Å². The Morgan fingerprint density at radius 3 is 2.48 bits per heavy atom. The molecule has 0 bridgehead atoms.